The summed E-state index contributed by atoms with van der Waals surface area (Å²) in [5, 5.41) is 3.46. The van der Waals surface area contributed by atoms with Gasteiger partial charge < -0.3 is 24.6 Å². The number of aliphatic imine (C=N–C) groups is 1. The van der Waals surface area contributed by atoms with Gasteiger partial charge in [-0.05, 0) is 57.2 Å². The molecule has 29 heavy (non-hydrogen) atoms. The Bertz CT molecular complexity index is 682. The van der Waals surface area contributed by atoms with E-state index in [0.29, 0.717) is 12.5 Å². The molecule has 1 amide bonds. The van der Waals surface area contributed by atoms with Crippen LogP contribution < -0.4 is 10.1 Å². The largest absolute Gasteiger partial charge is 0.497 e. The number of methoxy groups -OCH3 is 1. The van der Waals surface area contributed by atoms with E-state index in [0.717, 1.165) is 44.2 Å². The van der Waals surface area contributed by atoms with Crippen LogP contribution >= 0.6 is 0 Å². The number of hydrogen-bond acceptors (Lipinski definition) is 4. The summed E-state index contributed by atoms with van der Waals surface area (Å²) >= 11 is 0. The van der Waals surface area contributed by atoms with E-state index in [-0.39, 0.29) is 6.09 Å². The van der Waals surface area contributed by atoms with E-state index < -0.39 is 5.60 Å². The molecule has 1 heterocycles. The Morgan fingerprint density at radius 1 is 1.31 bits per heavy atom. The van der Waals surface area contributed by atoms with Gasteiger partial charge in [0.05, 0.1) is 7.11 Å². The smallest absolute Gasteiger partial charge is 0.410 e. The molecule has 0 bridgehead atoms. The van der Waals surface area contributed by atoms with Gasteiger partial charge in [0.2, 0.25) is 0 Å². The van der Waals surface area contributed by atoms with Crippen LogP contribution in [0.4, 0.5) is 4.79 Å². The van der Waals surface area contributed by atoms with Crippen molar-refractivity contribution in [1.29, 1.82) is 0 Å². The standard InChI is InChI=1S/C22H36N4O3/c1-22(2,3)29-21(27)26-13-7-8-18(16-26)14-24-20(23-4)25(5)15-17-9-11-19(28-6)12-10-17/h9-12,18H,7-8,13-16H2,1-6H3,(H,23,24). The van der Waals surface area contributed by atoms with Gasteiger partial charge in [-0.15, -0.1) is 0 Å². The normalized spacial score (nSPS) is 17.7. The summed E-state index contributed by atoms with van der Waals surface area (Å²) in [5.74, 6) is 2.07. The number of ether oxygens (including phenoxy) is 2. The van der Waals surface area contributed by atoms with E-state index in [1.54, 1.807) is 14.2 Å². The van der Waals surface area contributed by atoms with Gasteiger partial charge in [-0.1, -0.05) is 12.1 Å². The Hall–Kier alpha value is -2.44. The van der Waals surface area contributed by atoms with Crippen LogP contribution in [0.3, 0.4) is 0 Å². The molecule has 0 radical (unpaired) electrons. The van der Waals surface area contributed by atoms with Gasteiger partial charge in [-0.3, -0.25) is 4.99 Å². The van der Waals surface area contributed by atoms with Crippen LogP contribution in [-0.2, 0) is 11.3 Å². The molecule has 7 nitrogen and oxygen atoms in total. The molecular weight excluding hydrogens is 368 g/mol. The first kappa shape index (κ1) is 22.8. The fourth-order valence-corrected chi connectivity index (χ4v) is 3.42. The summed E-state index contributed by atoms with van der Waals surface area (Å²) in [4.78, 5) is 20.7. The monoisotopic (exact) mass is 404 g/mol. The summed E-state index contributed by atoms with van der Waals surface area (Å²) in [6.45, 7) is 8.69. The quantitative estimate of drug-likeness (QED) is 0.602. The third-order valence-corrected chi connectivity index (χ3v) is 4.87. The molecular formula is C22H36N4O3. The SMILES string of the molecule is CN=C(NCC1CCCN(C(=O)OC(C)(C)C)C1)N(C)Cc1ccc(OC)cc1. The van der Waals surface area contributed by atoms with Crippen molar-refractivity contribution in [3.8, 4) is 5.75 Å². The predicted molar refractivity (Wildman–Crippen MR) is 116 cm³/mol. The summed E-state index contributed by atoms with van der Waals surface area (Å²) in [6, 6.07) is 8.05. The molecule has 0 spiro atoms. The van der Waals surface area contributed by atoms with Crippen LogP contribution in [0.25, 0.3) is 0 Å². The number of piperidine rings is 1. The highest BCUT2D eigenvalue weighted by Gasteiger charge is 2.27. The minimum atomic E-state index is -0.464. The lowest BCUT2D eigenvalue weighted by molar-refractivity contribution is 0.0168. The summed E-state index contributed by atoms with van der Waals surface area (Å²) in [7, 11) is 5.48. The van der Waals surface area contributed by atoms with Crippen molar-refractivity contribution >= 4 is 12.1 Å². The van der Waals surface area contributed by atoms with Crippen molar-refractivity contribution in [1.82, 2.24) is 15.1 Å². The van der Waals surface area contributed by atoms with E-state index in [9.17, 15) is 4.79 Å². The second kappa shape index (κ2) is 10.4. The van der Waals surface area contributed by atoms with Gasteiger partial charge in [0, 0.05) is 40.3 Å². The van der Waals surface area contributed by atoms with E-state index >= 15 is 0 Å². The van der Waals surface area contributed by atoms with Crippen LogP contribution in [0.2, 0.25) is 0 Å². The van der Waals surface area contributed by atoms with Crippen molar-refractivity contribution in [2.24, 2.45) is 10.9 Å². The molecule has 0 saturated carbocycles. The Balaban J connectivity index is 1.85. The maximum absolute atomic E-state index is 12.4. The van der Waals surface area contributed by atoms with Crippen molar-refractivity contribution in [2.45, 2.75) is 45.8 Å². The lowest BCUT2D eigenvalue weighted by Crippen LogP contribution is -2.47. The molecule has 1 aliphatic heterocycles. The lowest BCUT2D eigenvalue weighted by Gasteiger charge is -2.34. The average molecular weight is 405 g/mol. The first-order valence-corrected chi connectivity index (χ1v) is 10.2. The van der Waals surface area contributed by atoms with Gasteiger partial charge in [-0.25, -0.2) is 4.79 Å². The van der Waals surface area contributed by atoms with Crippen LogP contribution in [0, 0.1) is 5.92 Å². The molecule has 2 rings (SSSR count). The number of amides is 1. The lowest BCUT2D eigenvalue weighted by atomic mass is 9.98. The van der Waals surface area contributed by atoms with Crippen molar-refractivity contribution in [3.05, 3.63) is 29.8 Å². The molecule has 1 aliphatic rings. The zero-order valence-corrected chi connectivity index (χ0v) is 18.7. The maximum atomic E-state index is 12.4. The Labute approximate surface area is 175 Å². The van der Waals surface area contributed by atoms with Crippen molar-refractivity contribution < 1.29 is 14.3 Å². The van der Waals surface area contributed by atoms with E-state index in [1.807, 2.05) is 44.9 Å². The second-order valence-electron chi connectivity index (χ2n) is 8.57. The molecule has 1 atom stereocenters. The maximum Gasteiger partial charge on any atom is 0.410 e. The number of likely N-dealkylation sites (tertiary alicyclic amines) is 1. The number of nitrogens with one attached hydrogen (secondary N) is 1. The summed E-state index contributed by atoms with van der Waals surface area (Å²) < 4.78 is 10.7. The number of hydrogen-bond donors (Lipinski definition) is 1. The van der Waals surface area contributed by atoms with Crippen molar-refractivity contribution in [2.75, 3.05) is 40.8 Å². The molecule has 1 N–H and O–H groups in total. The highest BCUT2D eigenvalue weighted by atomic mass is 16.6. The molecule has 1 unspecified atom stereocenters. The van der Waals surface area contributed by atoms with E-state index in [4.69, 9.17) is 9.47 Å². The minimum absolute atomic E-state index is 0.219. The minimum Gasteiger partial charge on any atom is -0.497 e. The van der Waals surface area contributed by atoms with Gasteiger partial charge in [0.1, 0.15) is 11.4 Å². The molecule has 0 aromatic heterocycles. The predicted octanol–water partition coefficient (Wildman–Crippen LogP) is 3.35. The van der Waals surface area contributed by atoms with Gasteiger partial charge in [-0.2, -0.15) is 0 Å². The third-order valence-electron chi connectivity index (χ3n) is 4.87. The Kier molecular flexibility index (Phi) is 8.17. The third kappa shape index (κ3) is 7.48. The van der Waals surface area contributed by atoms with Gasteiger partial charge in [0.15, 0.2) is 5.96 Å². The number of rotatable bonds is 5. The molecule has 1 aromatic carbocycles. The summed E-state index contributed by atoms with van der Waals surface area (Å²) in [6.07, 6.45) is 1.86. The molecule has 162 valence electrons. The number of carbonyl (C=O) groups is 1. The van der Waals surface area contributed by atoms with Crippen LogP contribution in [0.1, 0.15) is 39.2 Å². The first-order valence-electron chi connectivity index (χ1n) is 10.2. The van der Waals surface area contributed by atoms with Crippen LogP contribution in [-0.4, -0.2) is 68.3 Å². The first-order chi connectivity index (χ1) is 13.7. The molecule has 7 heteroatoms. The highest BCUT2D eigenvalue weighted by Crippen LogP contribution is 2.19. The van der Waals surface area contributed by atoms with E-state index in [2.05, 4.69) is 27.3 Å². The van der Waals surface area contributed by atoms with Crippen molar-refractivity contribution in [3.63, 3.8) is 0 Å². The zero-order chi connectivity index (χ0) is 21.4. The zero-order valence-electron chi connectivity index (χ0n) is 18.7. The second-order valence-corrected chi connectivity index (χ2v) is 8.57. The number of guanidine groups is 1. The van der Waals surface area contributed by atoms with Crippen LogP contribution in [0.15, 0.2) is 29.3 Å². The average Bonchev–Trinajstić information content (AvgIpc) is 2.68. The van der Waals surface area contributed by atoms with Gasteiger partial charge in [0.25, 0.3) is 0 Å². The molecule has 1 fully saturated rings. The number of nitrogens with zero attached hydrogens (tertiary/aromatic N) is 3. The number of benzene rings is 1. The topological polar surface area (TPSA) is 66.4 Å². The number of carbonyl (C=O) groups excluding carboxylic acids is 1. The molecule has 1 saturated heterocycles. The molecule has 0 aliphatic carbocycles. The molecule has 1 aromatic rings. The fourth-order valence-electron chi connectivity index (χ4n) is 3.42. The van der Waals surface area contributed by atoms with Gasteiger partial charge >= 0.3 is 6.09 Å². The Morgan fingerprint density at radius 2 is 2.00 bits per heavy atom. The van der Waals surface area contributed by atoms with Crippen LogP contribution in [0.5, 0.6) is 5.75 Å². The summed E-state index contributed by atoms with van der Waals surface area (Å²) in [5.41, 5.74) is 0.721. The van der Waals surface area contributed by atoms with E-state index in [1.165, 1.54) is 5.56 Å². The highest BCUT2D eigenvalue weighted by molar-refractivity contribution is 5.79. The fraction of sp³-hybridized carbons (Fsp3) is 0.636. The Morgan fingerprint density at radius 3 is 2.59 bits per heavy atom.